The highest BCUT2D eigenvalue weighted by Crippen LogP contribution is 2.31. The van der Waals surface area contributed by atoms with Gasteiger partial charge in [-0.2, -0.15) is 0 Å². The lowest BCUT2D eigenvalue weighted by Gasteiger charge is -2.23. The number of unbranched alkanes of at least 4 members (excludes halogenated alkanes) is 1. The van der Waals surface area contributed by atoms with Gasteiger partial charge in [-0.05, 0) is 31.5 Å². The largest absolute Gasteiger partial charge is 0.313 e. The Kier molecular flexibility index (Phi) is 7.67. The van der Waals surface area contributed by atoms with Crippen LogP contribution in [0.4, 0.5) is 8.78 Å². The summed E-state index contributed by atoms with van der Waals surface area (Å²) in [5.74, 6) is -0.474. The van der Waals surface area contributed by atoms with E-state index in [0.29, 0.717) is 10.4 Å². The molecule has 0 saturated heterocycles. The van der Waals surface area contributed by atoms with Crippen LogP contribution >= 0.6 is 15.9 Å². The molecule has 1 aromatic rings. The molecule has 0 aliphatic rings. The van der Waals surface area contributed by atoms with Crippen molar-refractivity contribution in [1.29, 1.82) is 0 Å². The van der Waals surface area contributed by atoms with Gasteiger partial charge in [0, 0.05) is 16.1 Å². The lowest BCUT2D eigenvalue weighted by molar-refractivity contribution is 0.351. The fourth-order valence-corrected chi connectivity index (χ4v) is 2.98. The first-order valence-electron chi connectivity index (χ1n) is 7.35. The van der Waals surface area contributed by atoms with Gasteiger partial charge in [0.1, 0.15) is 11.6 Å². The fourth-order valence-electron chi connectivity index (χ4n) is 2.58. The molecule has 1 nitrogen and oxygen atoms in total. The van der Waals surface area contributed by atoms with Gasteiger partial charge in [-0.15, -0.1) is 0 Å². The summed E-state index contributed by atoms with van der Waals surface area (Å²) in [4.78, 5) is 0. The van der Waals surface area contributed by atoms with Gasteiger partial charge in [0.2, 0.25) is 0 Å². The molecule has 0 fully saturated rings. The summed E-state index contributed by atoms with van der Waals surface area (Å²) in [5, 5.41) is 3.07. The van der Waals surface area contributed by atoms with E-state index in [4.69, 9.17) is 0 Å². The van der Waals surface area contributed by atoms with Crippen LogP contribution in [0.25, 0.3) is 0 Å². The van der Waals surface area contributed by atoms with Gasteiger partial charge < -0.3 is 5.32 Å². The van der Waals surface area contributed by atoms with Crippen molar-refractivity contribution < 1.29 is 8.78 Å². The Bertz CT molecular complexity index is 400. The average molecular weight is 348 g/mol. The minimum atomic E-state index is -0.485. The number of rotatable bonds is 8. The average Bonchev–Trinajstić information content (AvgIpc) is 2.40. The maximum Gasteiger partial charge on any atom is 0.132 e. The van der Waals surface area contributed by atoms with Gasteiger partial charge in [-0.25, -0.2) is 8.78 Å². The van der Waals surface area contributed by atoms with E-state index in [1.165, 1.54) is 18.6 Å². The van der Waals surface area contributed by atoms with E-state index in [2.05, 4.69) is 35.1 Å². The van der Waals surface area contributed by atoms with Crippen molar-refractivity contribution in [1.82, 2.24) is 5.32 Å². The van der Waals surface area contributed by atoms with Crippen LogP contribution < -0.4 is 5.32 Å². The van der Waals surface area contributed by atoms with E-state index in [0.717, 1.165) is 25.7 Å². The lowest BCUT2D eigenvalue weighted by atomic mass is 9.89. The summed E-state index contributed by atoms with van der Waals surface area (Å²) in [7, 11) is 1.76. The van der Waals surface area contributed by atoms with Crippen LogP contribution in [0.1, 0.15) is 57.6 Å². The zero-order valence-electron chi connectivity index (χ0n) is 12.5. The van der Waals surface area contributed by atoms with E-state index < -0.39 is 11.6 Å². The molecule has 114 valence electrons. The molecule has 0 aromatic heterocycles. The Morgan fingerprint density at radius 2 is 1.80 bits per heavy atom. The molecule has 4 heteroatoms. The van der Waals surface area contributed by atoms with Crippen molar-refractivity contribution in [2.45, 2.75) is 52.0 Å². The van der Waals surface area contributed by atoms with E-state index in [-0.39, 0.29) is 11.6 Å². The van der Waals surface area contributed by atoms with Gasteiger partial charge >= 0.3 is 0 Å². The van der Waals surface area contributed by atoms with Gasteiger partial charge in [-0.3, -0.25) is 0 Å². The molecule has 20 heavy (non-hydrogen) atoms. The highest BCUT2D eigenvalue weighted by atomic mass is 79.9. The summed E-state index contributed by atoms with van der Waals surface area (Å²) in [6.45, 7) is 4.30. The maximum absolute atomic E-state index is 14.0. The smallest absolute Gasteiger partial charge is 0.132 e. The van der Waals surface area contributed by atoms with E-state index in [1.807, 2.05) is 0 Å². The molecule has 0 aliphatic carbocycles. The quantitative estimate of drug-likeness (QED) is 0.645. The predicted molar refractivity (Wildman–Crippen MR) is 83.8 cm³/mol. The predicted octanol–water partition coefficient (Wildman–Crippen LogP) is 5.59. The first-order chi connectivity index (χ1) is 9.53. The van der Waals surface area contributed by atoms with Crippen molar-refractivity contribution in [3.05, 3.63) is 33.8 Å². The highest BCUT2D eigenvalue weighted by Gasteiger charge is 2.22. The summed E-state index contributed by atoms with van der Waals surface area (Å²) < 4.78 is 28.5. The van der Waals surface area contributed by atoms with Gasteiger partial charge in [-0.1, -0.05) is 55.5 Å². The van der Waals surface area contributed by atoms with Gasteiger partial charge in [0.25, 0.3) is 0 Å². The van der Waals surface area contributed by atoms with Crippen molar-refractivity contribution >= 4 is 15.9 Å². The molecule has 2 atom stereocenters. The van der Waals surface area contributed by atoms with Gasteiger partial charge in [0.15, 0.2) is 0 Å². The Labute approximate surface area is 129 Å². The van der Waals surface area contributed by atoms with E-state index >= 15 is 0 Å². The topological polar surface area (TPSA) is 12.0 Å². The number of nitrogens with one attached hydrogen (secondary N) is 1. The molecule has 2 unspecified atom stereocenters. The fraction of sp³-hybridized carbons (Fsp3) is 0.625. The molecular formula is C16H24BrF2N. The Morgan fingerprint density at radius 1 is 1.20 bits per heavy atom. The zero-order valence-corrected chi connectivity index (χ0v) is 14.1. The van der Waals surface area contributed by atoms with E-state index in [1.54, 1.807) is 7.05 Å². The summed E-state index contributed by atoms with van der Waals surface area (Å²) in [5.41, 5.74) is 0.158. The number of hydrogen-bond donors (Lipinski definition) is 1. The van der Waals surface area contributed by atoms with E-state index in [9.17, 15) is 8.78 Å². The number of hydrogen-bond acceptors (Lipinski definition) is 1. The standard InChI is InChI=1S/C16H24BrF2N/c1-4-6-7-11(5-2)8-15(20-3)16-13(18)9-12(17)10-14(16)19/h9-11,15,20H,4-8H2,1-3H3. The van der Waals surface area contributed by atoms with Crippen molar-refractivity contribution in [3.8, 4) is 0 Å². The third kappa shape index (κ3) is 4.81. The van der Waals surface area contributed by atoms with Crippen LogP contribution in [0, 0.1) is 17.6 Å². The minimum Gasteiger partial charge on any atom is -0.313 e. The third-order valence-corrected chi connectivity index (χ3v) is 4.31. The van der Waals surface area contributed by atoms with Crippen molar-refractivity contribution in [2.75, 3.05) is 7.05 Å². The van der Waals surface area contributed by atoms with Crippen LogP contribution in [0.5, 0.6) is 0 Å². The van der Waals surface area contributed by atoms with Gasteiger partial charge in [0.05, 0.1) is 0 Å². The molecule has 1 rings (SSSR count). The molecule has 0 bridgehead atoms. The molecule has 0 amide bonds. The third-order valence-electron chi connectivity index (χ3n) is 3.85. The summed E-state index contributed by atoms with van der Waals surface area (Å²) in [6.07, 6.45) is 5.24. The number of benzene rings is 1. The first kappa shape index (κ1) is 17.6. The van der Waals surface area contributed by atoms with Crippen LogP contribution in [0.3, 0.4) is 0 Å². The second-order valence-electron chi connectivity index (χ2n) is 5.28. The monoisotopic (exact) mass is 347 g/mol. The van der Waals surface area contributed by atoms with Crippen LogP contribution in [-0.4, -0.2) is 7.05 Å². The Hall–Kier alpha value is -0.480. The molecule has 1 N–H and O–H groups in total. The lowest BCUT2D eigenvalue weighted by Crippen LogP contribution is -2.22. The summed E-state index contributed by atoms with van der Waals surface area (Å²) >= 11 is 3.12. The van der Waals surface area contributed by atoms with Crippen molar-refractivity contribution in [2.24, 2.45) is 5.92 Å². The number of halogens is 3. The minimum absolute atomic E-state index is 0.158. The first-order valence-corrected chi connectivity index (χ1v) is 8.14. The SMILES string of the molecule is CCCCC(CC)CC(NC)c1c(F)cc(Br)cc1F. The van der Waals surface area contributed by atoms with Crippen molar-refractivity contribution in [3.63, 3.8) is 0 Å². The molecule has 0 spiro atoms. The van der Waals surface area contributed by atoms with Crippen LogP contribution in [0.2, 0.25) is 0 Å². The Morgan fingerprint density at radius 3 is 2.25 bits per heavy atom. The second kappa shape index (κ2) is 8.73. The molecule has 0 aliphatic heterocycles. The second-order valence-corrected chi connectivity index (χ2v) is 6.19. The highest BCUT2D eigenvalue weighted by molar-refractivity contribution is 9.10. The Balaban J connectivity index is 2.90. The molecular weight excluding hydrogens is 324 g/mol. The molecule has 1 aromatic carbocycles. The van der Waals surface area contributed by atoms with Crippen LogP contribution in [-0.2, 0) is 0 Å². The molecule has 0 heterocycles. The summed E-state index contributed by atoms with van der Waals surface area (Å²) in [6, 6.07) is 2.38. The zero-order chi connectivity index (χ0) is 15.1. The normalized spacial score (nSPS) is 14.3. The van der Waals surface area contributed by atoms with Crippen LogP contribution in [0.15, 0.2) is 16.6 Å². The molecule has 0 radical (unpaired) electrons. The maximum atomic E-state index is 14.0. The molecule has 0 saturated carbocycles.